The molecule has 0 aliphatic rings. The van der Waals surface area contributed by atoms with Gasteiger partial charge in [0.25, 0.3) is 0 Å². The quantitative estimate of drug-likeness (QED) is 0.541. The summed E-state index contributed by atoms with van der Waals surface area (Å²) in [6, 6.07) is 8.94. The number of benzene rings is 1. The number of rotatable bonds is 6. The fourth-order valence-corrected chi connectivity index (χ4v) is 3.15. The number of amides is 1. The van der Waals surface area contributed by atoms with Crippen LogP contribution >= 0.6 is 10.2 Å². The van der Waals surface area contributed by atoms with Gasteiger partial charge in [-0.25, -0.2) is 0 Å². The predicted octanol–water partition coefficient (Wildman–Crippen LogP) is 5.04. The number of nitrogens with zero attached hydrogens (tertiary/aromatic N) is 4. The summed E-state index contributed by atoms with van der Waals surface area (Å²) < 4.78 is 65.1. The molecule has 2 heterocycles. The summed E-state index contributed by atoms with van der Waals surface area (Å²) in [6.07, 6.45) is 2.69. The third-order valence-corrected chi connectivity index (χ3v) is 5.08. The highest BCUT2D eigenvalue weighted by Gasteiger charge is 2.65. The van der Waals surface area contributed by atoms with Gasteiger partial charge in [0.05, 0.1) is 24.2 Å². The maximum Gasteiger partial charge on any atom is 0.310 e. The number of hydrogen-bond acceptors (Lipinski definition) is 4. The maximum absolute atomic E-state index is 12.7. The van der Waals surface area contributed by atoms with Crippen molar-refractivity contribution in [2.24, 2.45) is 0 Å². The first kappa shape index (κ1) is 21.3. The smallest absolute Gasteiger partial charge is 0.309 e. The van der Waals surface area contributed by atoms with E-state index in [4.69, 9.17) is 5.26 Å². The summed E-state index contributed by atoms with van der Waals surface area (Å²) >= 11 is 0. The van der Waals surface area contributed by atoms with Gasteiger partial charge >= 0.3 is 10.2 Å². The lowest BCUT2D eigenvalue weighted by Gasteiger charge is -2.40. The molecule has 3 rings (SSSR count). The molecular weight excluding hydrogens is 429 g/mol. The number of aromatic nitrogens is 3. The van der Waals surface area contributed by atoms with E-state index in [0.29, 0.717) is 11.3 Å². The summed E-state index contributed by atoms with van der Waals surface area (Å²) in [7, 11) is -9.73. The van der Waals surface area contributed by atoms with Gasteiger partial charge in [0.2, 0.25) is 5.91 Å². The van der Waals surface area contributed by atoms with Crippen LogP contribution in [0.5, 0.6) is 0 Å². The van der Waals surface area contributed by atoms with Gasteiger partial charge in [-0.1, -0.05) is 31.6 Å². The number of nitrogens with one attached hydrogen (secondary N) is 1. The second kappa shape index (κ2) is 6.81. The van der Waals surface area contributed by atoms with Gasteiger partial charge in [-0.15, -0.1) is 0 Å². The highest BCUT2D eigenvalue weighted by molar-refractivity contribution is 8.45. The van der Waals surface area contributed by atoms with Crippen molar-refractivity contribution >= 4 is 21.9 Å². The first-order valence-electron chi connectivity index (χ1n) is 8.34. The SMILES string of the molecule is N#Cc1ccc(Cn2ccc(NC(=O)Cc3ccc(S(F)(F)(F)(F)F)cc3)n2)nc1. The van der Waals surface area contributed by atoms with E-state index < -0.39 is 21.0 Å². The molecule has 0 atom stereocenters. The fourth-order valence-electron chi connectivity index (χ4n) is 2.50. The van der Waals surface area contributed by atoms with Crippen LogP contribution < -0.4 is 5.32 Å². The minimum absolute atomic E-state index is 0.138. The van der Waals surface area contributed by atoms with Crippen LogP contribution in [0.25, 0.3) is 0 Å². The molecule has 1 N–H and O–H groups in total. The largest absolute Gasteiger partial charge is 0.310 e. The molecule has 12 heteroatoms. The Morgan fingerprint density at radius 3 is 2.33 bits per heavy atom. The van der Waals surface area contributed by atoms with Gasteiger partial charge in [0, 0.05) is 18.5 Å². The van der Waals surface area contributed by atoms with Crippen LogP contribution in [0.1, 0.15) is 16.8 Å². The van der Waals surface area contributed by atoms with Crippen molar-refractivity contribution < 1.29 is 24.2 Å². The number of carbonyl (C=O) groups is 1. The summed E-state index contributed by atoms with van der Waals surface area (Å²) in [6.45, 7) is 0.289. The summed E-state index contributed by atoms with van der Waals surface area (Å²) in [5.74, 6) is -0.367. The molecule has 2 aromatic heterocycles. The van der Waals surface area contributed by atoms with Gasteiger partial charge in [-0.2, -0.15) is 10.4 Å². The molecule has 3 aromatic rings. The van der Waals surface area contributed by atoms with E-state index in [1.807, 2.05) is 6.07 Å². The Labute approximate surface area is 167 Å². The van der Waals surface area contributed by atoms with Crippen molar-refractivity contribution in [3.05, 3.63) is 71.7 Å². The van der Waals surface area contributed by atoms with Crippen LogP contribution in [0.15, 0.2) is 59.8 Å². The van der Waals surface area contributed by atoms with Crippen LogP contribution in [0.3, 0.4) is 0 Å². The summed E-state index contributed by atoms with van der Waals surface area (Å²) in [4.78, 5) is 14.2. The molecule has 158 valence electrons. The zero-order chi connectivity index (χ0) is 22.1. The Morgan fingerprint density at radius 2 is 1.77 bits per heavy atom. The normalized spacial score (nSPS) is 13.7. The molecule has 0 unspecified atom stereocenters. The Balaban J connectivity index is 1.60. The van der Waals surface area contributed by atoms with Crippen LogP contribution in [-0.4, -0.2) is 20.7 Å². The average molecular weight is 443 g/mol. The van der Waals surface area contributed by atoms with E-state index in [2.05, 4.69) is 15.4 Å². The molecule has 0 spiro atoms. The molecule has 0 saturated carbocycles. The van der Waals surface area contributed by atoms with E-state index >= 15 is 0 Å². The van der Waals surface area contributed by atoms with Crippen molar-refractivity contribution in [3.63, 3.8) is 0 Å². The predicted molar refractivity (Wildman–Crippen MR) is 100 cm³/mol. The fraction of sp³-hybridized carbons (Fsp3) is 0.111. The van der Waals surface area contributed by atoms with Crippen molar-refractivity contribution in [2.75, 3.05) is 5.32 Å². The second-order valence-corrected chi connectivity index (χ2v) is 8.80. The highest BCUT2D eigenvalue weighted by Crippen LogP contribution is 3.02. The number of halogens is 5. The van der Waals surface area contributed by atoms with Crippen LogP contribution in [0, 0.1) is 11.3 Å². The molecule has 6 nitrogen and oxygen atoms in total. The molecule has 0 saturated heterocycles. The van der Waals surface area contributed by atoms with Crippen molar-refractivity contribution in [2.45, 2.75) is 17.9 Å². The van der Waals surface area contributed by atoms with Crippen LogP contribution in [0.2, 0.25) is 0 Å². The molecule has 0 fully saturated rings. The third kappa shape index (κ3) is 5.54. The Morgan fingerprint density at radius 1 is 1.07 bits per heavy atom. The van der Waals surface area contributed by atoms with E-state index in [-0.39, 0.29) is 36.5 Å². The number of anilines is 1. The first-order chi connectivity index (χ1) is 13.8. The Bertz CT molecular complexity index is 1120. The Hall–Kier alpha value is -3.46. The van der Waals surface area contributed by atoms with Crippen molar-refractivity contribution in [1.82, 2.24) is 14.8 Å². The van der Waals surface area contributed by atoms with Crippen molar-refractivity contribution in [3.8, 4) is 6.07 Å². The number of nitriles is 1. The lowest BCUT2D eigenvalue weighted by molar-refractivity contribution is -0.115. The van der Waals surface area contributed by atoms with Gasteiger partial charge in [0.1, 0.15) is 11.0 Å². The first-order valence-corrected chi connectivity index (χ1v) is 10.3. The molecule has 0 bridgehead atoms. The highest BCUT2D eigenvalue weighted by atomic mass is 32.5. The van der Waals surface area contributed by atoms with E-state index in [0.717, 1.165) is 12.1 Å². The van der Waals surface area contributed by atoms with E-state index in [1.165, 1.54) is 16.9 Å². The maximum atomic E-state index is 12.7. The topological polar surface area (TPSA) is 83.6 Å². The van der Waals surface area contributed by atoms with Crippen LogP contribution in [-0.2, 0) is 17.8 Å². The Kier molecular flexibility index (Phi) is 4.82. The third-order valence-electron chi connectivity index (χ3n) is 3.92. The zero-order valence-electron chi connectivity index (χ0n) is 15.1. The van der Waals surface area contributed by atoms with Gasteiger partial charge in [-0.05, 0) is 29.8 Å². The number of carbonyl (C=O) groups excluding carboxylic acids is 1. The van der Waals surface area contributed by atoms with Gasteiger partial charge in [-0.3, -0.25) is 14.5 Å². The van der Waals surface area contributed by atoms with Crippen molar-refractivity contribution in [1.29, 1.82) is 5.26 Å². The molecule has 30 heavy (non-hydrogen) atoms. The zero-order valence-corrected chi connectivity index (χ0v) is 15.9. The minimum atomic E-state index is -9.73. The molecule has 0 aliphatic carbocycles. The monoisotopic (exact) mass is 443 g/mol. The second-order valence-electron chi connectivity index (χ2n) is 6.39. The van der Waals surface area contributed by atoms with E-state index in [9.17, 15) is 24.2 Å². The summed E-state index contributed by atoms with van der Waals surface area (Å²) in [5, 5.41) is 15.4. The van der Waals surface area contributed by atoms with Crippen LogP contribution in [0.4, 0.5) is 25.2 Å². The van der Waals surface area contributed by atoms with E-state index in [1.54, 1.807) is 18.3 Å². The molecule has 1 amide bonds. The number of pyridine rings is 1. The lowest BCUT2D eigenvalue weighted by atomic mass is 10.1. The molecule has 0 radical (unpaired) electrons. The minimum Gasteiger partial charge on any atom is -0.309 e. The average Bonchev–Trinajstić information content (AvgIpc) is 3.07. The number of hydrogen-bond donors (Lipinski definition) is 1. The standard InChI is InChI=1S/C18H14F5N5OS/c19-30(20,21,22,23)16-5-2-13(3-6-16)9-18(29)26-17-7-8-28(27-17)12-15-4-1-14(10-24)11-25-15/h1-8,11H,9,12H2,(H,26,27,29). The molecular formula is C18H14F5N5OS. The molecule has 0 aliphatic heterocycles. The lowest BCUT2D eigenvalue weighted by Crippen LogP contribution is -2.15. The molecule has 1 aromatic carbocycles. The summed E-state index contributed by atoms with van der Waals surface area (Å²) in [5.41, 5.74) is 1.19. The van der Waals surface area contributed by atoms with Gasteiger partial charge in [0.15, 0.2) is 5.82 Å². The van der Waals surface area contributed by atoms with Gasteiger partial charge < -0.3 is 5.32 Å².